The Balaban J connectivity index is 1.62. The van der Waals surface area contributed by atoms with Crippen molar-refractivity contribution in [1.82, 2.24) is 9.88 Å². The van der Waals surface area contributed by atoms with Gasteiger partial charge in [-0.05, 0) is 49.8 Å². The van der Waals surface area contributed by atoms with Gasteiger partial charge in [0, 0.05) is 18.8 Å². The van der Waals surface area contributed by atoms with Crippen LogP contribution in [0.25, 0.3) is 0 Å². The van der Waals surface area contributed by atoms with Crippen LogP contribution in [0.5, 0.6) is 0 Å². The van der Waals surface area contributed by atoms with Crippen LogP contribution in [-0.4, -0.2) is 34.0 Å². The van der Waals surface area contributed by atoms with Crippen molar-refractivity contribution in [1.29, 1.82) is 0 Å². The van der Waals surface area contributed by atoms with Crippen molar-refractivity contribution < 1.29 is 9.90 Å². The van der Waals surface area contributed by atoms with Crippen molar-refractivity contribution in [3.8, 4) is 0 Å². The summed E-state index contributed by atoms with van der Waals surface area (Å²) in [6.45, 7) is 5.32. The molecule has 2 N–H and O–H groups in total. The molecule has 2 aromatic rings. The number of rotatable bonds is 3. The number of aromatic amines is 1. The summed E-state index contributed by atoms with van der Waals surface area (Å²) in [4.78, 5) is 17.7. The zero-order valence-corrected chi connectivity index (χ0v) is 13.7. The fourth-order valence-electron chi connectivity index (χ4n) is 3.45. The third kappa shape index (κ3) is 3.32. The Morgan fingerprint density at radius 1 is 1.22 bits per heavy atom. The largest absolute Gasteiger partial charge is 0.388 e. The number of carbonyl (C=O) groups is 1. The number of aliphatic hydroxyl groups is 1. The Morgan fingerprint density at radius 2 is 1.87 bits per heavy atom. The minimum absolute atomic E-state index is 0.0725. The maximum Gasteiger partial charge on any atom is 0.270 e. The first kappa shape index (κ1) is 15.8. The molecule has 1 aromatic heterocycles. The highest BCUT2D eigenvalue weighted by atomic mass is 16.3. The summed E-state index contributed by atoms with van der Waals surface area (Å²) in [7, 11) is 0. The van der Waals surface area contributed by atoms with Crippen LogP contribution < -0.4 is 0 Å². The van der Waals surface area contributed by atoms with Crippen molar-refractivity contribution in [3.63, 3.8) is 0 Å². The molecule has 2 heterocycles. The highest BCUT2D eigenvalue weighted by molar-refractivity contribution is 5.94. The molecule has 1 unspecified atom stereocenters. The number of aryl methyl sites for hydroxylation is 2. The first-order valence-corrected chi connectivity index (χ1v) is 8.24. The van der Waals surface area contributed by atoms with E-state index >= 15 is 0 Å². The number of H-pyrrole nitrogens is 1. The molecule has 4 heteroatoms. The number of hydrogen-bond acceptors (Lipinski definition) is 2. The molecule has 0 radical (unpaired) electrons. The van der Waals surface area contributed by atoms with Crippen molar-refractivity contribution in [2.75, 3.05) is 13.1 Å². The Bertz CT molecular complexity index is 670. The second-order valence-electron chi connectivity index (χ2n) is 6.50. The predicted molar refractivity (Wildman–Crippen MR) is 90.3 cm³/mol. The number of benzene rings is 1. The van der Waals surface area contributed by atoms with E-state index in [0.29, 0.717) is 18.8 Å². The SMILES string of the molecule is Cc1cc(C)c(C(=O)N2CCC(C(O)c3ccccc3)CC2)[nH]1. The van der Waals surface area contributed by atoms with Gasteiger partial charge in [0.25, 0.3) is 5.91 Å². The Kier molecular flexibility index (Phi) is 4.53. The number of aromatic nitrogens is 1. The summed E-state index contributed by atoms with van der Waals surface area (Å²) in [5.41, 5.74) is 3.68. The summed E-state index contributed by atoms with van der Waals surface area (Å²) >= 11 is 0. The molecular weight excluding hydrogens is 288 g/mol. The fraction of sp³-hybridized carbons (Fsp3) is 0.421. The number of likely N-dealkylation sites (tertiary alicyclic amines) is 1. The molecule has 1 aromatic carbocycles. The summed E-state index contributed by atoms with van der Waals surface area (Å²) in [5, 5.41) is 10.5. The lowest BCUT2D eigenvalue weighted by Gasteiger charge is -2.34. The Labute approximate surface area is 137 Å². The number of piperidine rings is 1. The smallest absolute Gasteiger partial charge is 0.270 e. The lowest BCUT2D eigenvalue weighted by atomic mass is 9.87. The minimum Gasteiger partial charge on any atom is -0.388 e. The van der Waals surface area contributed by atoms with E-state index < -0.39 is 6.10 Å². The molecule has 1 amide bonds. The monoisotopic (exact) mass is 312 g/mol. The van der Waals surface area contributed by atoms with Gasteiger partial charge in [0.1, 0.15) is 5.69 Å². The predicted octanol–water partition coefficient (Wildman–Crippen LogP) is 3.22. The molecule has 1 saturated heterocycles. The summed E-state index contributed by atoms with van der Waals surface area (Å²) in [6, 6.07) is 11.8. The lowest BCUT2D eigenvalue weighted by molar-refractivity contribution is 0.0458. The van der Waals surface area contributed by atoms with E-state index in [0.717, 1.165) is 29.7 Å². The molecule has 1 aliphatic heterocycles. The van der Waals surface area contributed by atoms with Gasteiger partial charge in [0.2, 0.25) is 0 Å². The van der Waals surface area contributed by atoms with Crippen molar-refractivity contribution in [3.05, 3.63) is 58.9 Å². The van der Waals surface area contributed by atoms with Gasteiger partial charge in [-0.2, -0.15) is 0 Å². The van der Waals surface area contributed by atoms with Crippen LogP contribution in [-0.2, 0) is 0 Å². The first-order chi connectivity index (χ1) is 11.1. The summed E-state index contributed by atoms with van der Waals surface area (Å²) in [6.07, 6.45) is 1.23. The van der Waals surface area contributed by atoms with Gasteiger partial charge in [-0.1, -0.05) is 30.3 Å². The third-order valence-electron chi connectivity index (χ3n) is 4.78. The molecule has 1 atom stereocenters. The molecule has 1 aliphatic rings. The molecule has 122 valence electrons. The number of carbonyl (C=O) groups excluding carboxylic acids is 1. The number of amides is 1. The zero-order valence-electron chi connectivity index (χ0n) is 13.7. The summed E-state index contributed by atoms with van der Waals surface area (Å²) in [5.74, 6) is 0.288. The van der Waals surface area contributed by atoms with Gasteiger partial charge in [-0.15, -0.1) is 0 Å². The minimum atomic E-state index is -0.442. The molecule has 0 saturated carbocycles. The van der Waals surface area contributed by atoms with Gasteiger partial charge < -0.3 is 15.0 Å². The molecule has 1 fully saturated rings. The van der Waals surface area contributed by atoms with E-state index in [2.05, 4.69) is 4.98 Å². The molecule has 23 heavy (non-hydrogen) atoms. The molecule has 0 aliphatic carbocycles. The van der Waals surface area contributed by atoms with E-state index in [1.54, 1.807) is 0 Å². The second-order valence-corrected chi connectivity index (χ2v) is 6.50. The van der Waals surface area contributed by atoms with E-state index in [9.17, 15) is 9.90 Å². The quantitative estimate of drug-likeness (QED) is 0.914. The number of aliphatic hydroxyl groups excluding tert-OH is 1. The van der Waals surface area contributed by atoms with Gasteiger partial charge >= 0.3 is 0 Å². The normalized spacial score (nSPS) is 17.3. The Morgan fingerprint density at radius 3 is 2.43 bits per heavy atom. The highest BCUT2D eigenvalue weighted by Crippen LogP contribution is 2.31. The highest BCUT2D eigenvalue weighted by Gasteiger charge is 2.29. The maximum absolute atomic E-state index is 12.6. The average Bonchev–Trinajstić information content (AvgIpc) is 2.93. The number of nitrogens with one attached hydrogen (secondary N) is 1. The number of hydrogen-bond donors (Lipinski definition) is 2. The third-order valence-corrected chi connectivity index (χ3v) is 4.78. The van der Waals surface area contributed by atoms with E-state index in [-0.39, 0.29) is 11.8 Å². The van der Waals surface area contributed by atoms with Gasteiger partial charge in [0.05, 0.1) is 6.10 Å². The van der Waals surface area contributed by atoms with E-state index in [1.807, 2.05) is 55.1 Å². The standard InChI is InChI=1S/C19H24N2O2/c1-13-12-14(2)20-17(13)19(23)21-10-8-16(9-11-21)18(22)15-6-4-3-5-7-15/h3-7,12,16,18,20,22H,8-11H2,1-2H3. The average molecular weight is 312 g/mol. The van der Waals surface area contributed by atoms with Crippen LogP contribution in [0.1, 0.15) is 46.3 Å². The van der Waals surface area contributed by atoms with Gasteiger partial charge in [-0.3, -0.25) is 4.79 Å². The number of nitrogens with zero attached hydrogens (tertiary/aromatic N) is 1. The molecule has 3 rings (SSSR count). The van der Waals surface area contributed by atoms with Crippen LogP contribution in [0.4, 0.5) is 0 Å². The van der Waals surface area contributed by atoms with E-state index in [4.69, 9.17) is 0 Å². The molecule has 0 spiro atoms. The topological polar surface area (TPSA) is 56.3 Å². The maximum atomic E-state index is 12.6. The van der Waals surface area contributed by atoms with E-state index in [1.165, 1.54) is 0 Å². The fourth-order valence-corrected chi connectivity index (χ4v) is 3.45. The van der Waals surface area contributed by atoms with Crippen LogP contribution in [0.15, 0.2) is 36.4 Å². The van der Waals surface area contributed by atoms with Crippen LogP contribution >= 0.6 is 0 Å². The van der Waals surface area contributed by atoms with Gasteiger partial charge in [0.15, 0.2) is 0 Å². The molecule has 0 bridgehead atoms. The van der Waals surface area contributed by atoms with Crippen molar-refractivity contribution in [2.24, 2.45) is 5.92 Å². The van der Waals surface area contributed by atoms with Gasteiger partial charge in [-0.25, -0.2) is 0 Å². The second kappa shape index (κ2) is 6.59. The molecular formula is C19H24N2O2. The summed E-state index contributed by atoms with van der Waals surface area (Å²) < 4.78 is 0. The van der Waals surface area contributed by atoms with Crippen LogP contribution in [0.3, 0.4) is 0 Å². The van der Waals surface area contributed by atoms with Crippen molar-refractivity contribution >= 4 is 5.91 Å². The Hall–Kier alpha value is -2.07. The lowest BCUT2D eigenvalue weighted by Crippen LogP contribution is -2.40. The van der Waals surface area contributed by atoms with Crippen LogP contribution in [0, 0.1) is 19.8 Å². The van der Waals surface area contributed by atoms with Crippen molar-refractivity contribution in [2.45, 2.75) is 32.8 Å². The van der Waals surface area contributed by atoms with Crippen LogP contribution in [0.2, 0.25) is 0 Å². The first-order valence-electron chi connectivity index (χ1n) is 8.24. The zero-order chi connectivity index (χ0) is 16.4. The molecule has 4 nitrogen and oxygen atoms in total.